The number of fused-ring (bicyclic) bond motifs is 1. The maximum atomic E-state index is 5.44. The highest BCUT2D eigenvalue weighted by Gasteiger charge is 2.15. The smallest absolute Gasteiger partial charge is 0.230 e. The van der Waals surface area contributed by atoms with Gasteiger partial charge in [0.1, 0.15) is 5.75 Å². The van der Waals surface area contributed by atoms with Crippen LogP contribution in [0.3, 0.4) is 0 Å². The van der Waals surface area contributed by atoms with Crippen LogP contribution >= 0.6 is 0 Å². The molecular weight excluding hydrogens is 364 g/mol. The summed E-state index contributed by atoms with van der Waals surface area (Å²) in [6.45, 7) is 8.24. The van der Waals surface area contributed by atoms with Crippen molar-refractivity contribution in [3.05, 3.63) is 58.8 Å². The second-order valence-corrected chi connectivity index (χ2v) is 7.34. The van der Waals surface area contributed by atoms with Crippen molar-refractivity contribution in [2.24, 2.45) is 4.99 Å². The lowest BCUT2D eigenvalue weighted by molar-refractivity contribution is 0.252. The maximum absolute atomic E-state index is 5.44. The summed E-state index contributed by atoms with van der Waals surface area (Å²) >= 11 is 0. The van der Waals surface area contributed by atoms with Crippen molar-refractivity contribution < 1.29 is 4.74 Å². The molecule has 4 rings (SSSR count). The minimum atomic E-state index is 0.558. The topological polar surface area (TPSA) is 74.7 Å². The zero-order valence-electron chi connectivity index (χ0n) is 17.3. The molecule has 0 bridgehead atoms. The number of nitrogens with zero attached hydrogens (tertiary/aromatic N) is 4. The molecule has 0 spiro atoms. The van der Waals surface area contributed by atoms with E-state index in [0.29, 0.717) is 25.2 Å². The Balaban J connectivity index is 1.46. The molecule has 0 amide bonds. The van der Waals surface area contributed by atoms with Gasteiger partial charge in [-0.3, -0.25) is 10.2 Å². The molecule has 150 valence electrons. The van der Waals surface area contributed by atoms with Crippen molar-refractivity contribution in [3.63, 3.8) is 0 Å². The van der Waals surface area contributed by atoms with Gasteiger partial charge >= 0.3 is 0 Å². The molecule has 0 unspecified atom stereocenters. The quantitative estimate of drug-likeness (QED) is 0.712. The summed E-state index contributed by atoms with van der Waals surface area (Å²) in [5.41, 5.74) is 5.51. The van der Waals surface area contributed by atoms with E-state index in [2.05, 4.69) is 62.5 Å². The van der Waals surface area contributed by atoms with Crippen LogP contribution < -0.4 is 15.4 Å². The summed E-state index contributed by atoms with van der Waals surface area (Å²) in [7, 11) is 1.70. The van der Waals surface area contributed by atoms with Gasteiger partial charge in [-0.15, -0.1) is 0 Å². The first-order chi connectivity index (χ1) is 14.0. The van der Waals surface area contributed by atoms with Crippen LogP contribution in [-0.4, -0.2) is 41.3 Å². The number of aromatic nitrogens is 2. The van der Waals surface area contributed by atoms with Gasteiger partial charge in [0.05, 0.1) is 31.7 Å². The Hall–Kier alpha value is -3.19. The highest BCUT2D eigenvalue weighted by Crippen LogP contribution is 2.22. The van der Waals surface area contributed by atoms with Gasteiger partial charge < -0.3 is 10.1 Å². The molecule has 0 saturated heterocycles. The third-order valence-corrected chi connectivity index (χ3v) is 5.22. The number of methoxy groups -OCH3 is 1. The molecule has 0 aliphatic carbocycles. The van der Waals surface area contributed by atoms with Gasteiger partial charge in [0.15, 0.2) is 0 Å². The molecule has 1 aromatic heterocycles. The summed E-state index contributed by atoms with van der Waals surface area (Å²) < 4.78 is 5.44. The molecule has 3 aromatic rings. The molecule has 1 aliphatic rings. The van der Waals surface area contributed by atoms with Crippen molar-refractivity contribution in [2.45, 2.75) is 27.3 Å². The third kappa shape index (κ3) is 4.14. The average Bonchev–Trinajstić information content (AvgIpc) is 2.71. The van der Waals surface area contributed by atoms with Crippen LogP contribution in [0.4, 0.5) is 5.95 Å². The van der Waals surface area contributed by atoms with Crippen molar-refractivity contribution in [2.75, 3.05) is 25.8 Å². The molecule has 29 heavy (non-hydrogen) atoms. The zero-order chi connectivity index (χ0) is 20.4. The first-order valence-electron chi connectivity index (χ1n) is 9.68. The van der Waals surface area contributed by atoms with Crippen LogP contribution in [-0.2, 0) is 6.54 Å². The standard InChI is InChI=1S/C22H26N6O/c1-14-9-18-16(3)25-22(26-19(18)10-15(14)2)27-21-23-12-28(13-24-21)11-17-7-5-6-8-20(17)29-4/h5-10H,11-13H2,1-4H3,(H2,23,24,25,26,27). The van der Waals surface area contributed by atoms with Gasteiger partial charge in [-0.2, -0.15) is 0 Å². The number of para-hydroxylation sites is 1. The van der Waals surface area contributed by atoms with E-state index in [1.807, 2.05) is 25.1 Å². The second-order valence-electron chi connectivity index (χ2n) is 7.34. The number of benzene rings is 2. The zero-order valence-corrected chi connectivity index (χ0v) is 17.3. The van der Waals surface area contributed by atoms with E-state index in [1.54, 1.807) is 7.11 Å². The van der Waals surface area contributed by atoms with Gasteiger partial charge in [0.2, 0.25) is 11.9 Å². The van der Waals surface area contributed by atoms with Crippen LogP contribution in [0.5, 0.6) is 5.75 Å². The van der Waals surface area contributed by atoms with Crippen molar-refractivity contribution in [1.29, 1.82) is 0 Å². The molecule has 7 nitrogen and oxygen atoms in total. The second kappa shape index (κ2) is 8.05. The summed E-state index contributed by atoms with van der Waals surface area (Å²) in [5.74, 6) is 2.14. The van der Waals surface area contributed by atoms with Gasteiger partial charge in [-0.05, 0) is 50.1 Å². The molecule has 0 atom stereocenters. The fourth-order valence-corrected chi connectivity index (χ4v) is 3.43. The number of rotatable bonds is 4. The highest BCUT2D eigenvalue weighted by molar-refractivity contribution is 5.93. The first kappa shape index (κ1) is 19.1. The average molecular weight is 390 g/mol. The number of aryl methyl sites for hydroxylation is 3. The van der Waals surface area contributed by atoms with Crippen molar-refractivity contribution >= 4 is 22.8 Å². The fraction of sp³-hybridized carbons (Fsp3) is 0.318. The Labute approximate surface area is 170 Å². The highest BCUT2D eigenvalue weighted by atomic mass is 16.5. The van der Waals surface area contributed by atoms with E-state index in [9.17, 15) is 0 Å². The Morgan fingerprint density at radius 2 is 1.90 bits per heavy atom. The number of aliphatic imine (C=N–C) groups is 1. The molecule has 2 aromatic carbocycles. The Morgan fingerprint density at radius 1 is 1.10 bits per heavy atom. The predicted octanol–water partition coefficient (Wildman–Crippen LogP) is 3.35. The van der Waals surface area contributed by atoms with Crippen LogP contribution in [0.15, 0.2) is 41.4 Å². The summed E-state index contributed by atoms with van der Waals surface area (Å²) in [5, 5.41) is 7.61. The largest absolute Gasteiger partial charge is 0.496 e. The number of guanidine groups is 1. The molecule has 2 heterocycles. The van der Waals surface area contributed by atoms with E-state index < -0.39 is 0 Å². The third-order valence-electron chi connectivity index (χ3n) is 5.22. The first-order valence-corrected chi connectivity index (χ1v) is 9.68. The number of ether oxygens (including phenoxy) is 1. The van der Waals surface area contributed by atoms with E-state index in [-0.39, 0.29) is 0 Å². The van der Waals surface area contributed by atoms with Crippen LogP contribution in [0.1, 0.15) is 22.4 Å². The molecule has 0 radical (unpaired) electrons. The number of nitrogens with one attached hydrogen (secondary N) is 2. The number of hydrogen-bond donors (Lipinski definition) is 2. The van der Waals surface area contributed by atoms with Gasteiger partial charge in [0.25, 0.3) is 0 Å². The number of anilines is 1. The van der Waals surface area contributed by atoms with E-state index in [1.165, 1.54) is 11.1 Å². The molecular formula is C22H26N6O. The molecule has 2 N–H and O–H groups in total. The minimum absolute atomic E-state index is 0.558. The maximum Gasteiger partial charge on any atom is 0.230 e. The van der Waals surface area contributed by atoms with E-state index in [4.69, 9.17) is 4.74 Å². The Morgan fingerprint density at radius 3 is 2.66 bits per heavy atom. The predicted molar refractivity (Wildman–Crippen MR) is 116 cm³/mol. The Bertz CT molecular complexity index is 1080. The van der Waals surface area contributed by atoms with Crippen LogP contribution in [0.2, 0.25) is 0 Å². The van der Waals surface area contributed by atoms with E-state index in [0.717, 1.165) is 34.5 Å². The van der Waals surface area contributed by atoms with E-state index >= 15 is 0 Å². The summed E-state index contributed by atoms with van der Waals surface area (Å²) in [4.78, 5) is 16.1. The van der Waals surface area contributed by atoms with Gasteiger partial charge in [-0.1, -0.05) is 18.2 Å². The van der Waals surface area contributed by atoms with Crippen LogP contribution in [0.25, 0.3) is 10.9 Å². The lowest BCUT2D eigenvalue weighted by Crippen LogP contribution is -2.45. The number of hydrogen-bond acceptors (Lipinski definition) is 7. The van der Waals surface area contributed by atoms with Crippen molar-refractivity contribution in [3.8, 4) is 5.75 Å². The molecule has 0 saturated carbocycles. The normalized spacial score (nSPS) is 14.4. The summed E-state index contributed by atoms with van der Waals surface area (Å²) in [6.07, 6.45) is 0. The van der Waals surface area contributed by atoms with Crippen molar-refractivity contribution in [1.82, 2.24) is 20.2 Å². The monoisotopic (exact) mass is 390 g/mol. The Kier molecular flexibility index (Phi) is 5.31. The van der Waals surface area contributed by atoms with Crippen LogP contribution in [0, 0.1) is 20.8 Å². The van der Waals surface area contributed by atoms with Gasteiger partial charge in [-0.25, -0.2) is 15.0 Å². The lowest BCUT2D eigenvalue weighted by atomic mass is 10.1. The minimum Gasteiger partial charge on any atom is -0.496 e. The molecule has 7 heteroatoms. The summed E-state index contributed by atoms with van der Waals surface area (Å²) in [6, 6.07) is 12.3. The lowest BCUT2D eigenvalue weighted by Gasteiger charge is -2.27. The van der Waals surface area contributed by atoms with Gasteiger partial charge in [0, 0.05) is 17.5 Å². The SMILES string of the molecule is COc1ccccc1CN1CN=C(Nc2nc(C)c3cc(C)c(C)cc3n2)NC1. The fourth-order valence-electron chi connectivity index (χ4n) is 3.43. The molecule has 1 aliphatic heterocycles. The molecule has 0 fully saturated rings.